The van der Waals surface area contributed by atoms with Gasteiger partial charge in [-0.3, -0.25) is 9.78 Å². The van der Waals surface area contributed by atoms with Crippen LogP contribution in [0.3, 0.4) is 0 Å². The molecule has 0 saturated carbocycles. The Bertz CT molecular complexity index is 787. The Morgan fingerprint density at radius 2 is 2.14 bits per heavy atom. The third-order valence-corrected chi connectivity index (χ3v) is 4.89. The summed E-state index contributed by atoms with van der Waals surface area (Å²) in [5, 5.41) is 10.7. The monoisotopic (exact) mass is 344 g/mol. The highest BCUT2D eigenvalue weighted by Gasteiger charge is 2.15. The summed E-state index contributed by atoms with van der Waals surface area (Å²) in [6.45, 7) is 4.38. The smallest absolute Gasteiger partial charge is 0.326 e. The van der Waals surface area contributed by atoms with E-state index in [2.05, 4.69) is 9.97 Å². The first-order valence-electron chi connectivity index (χ1n) is 6.78. The number of ether oxygens (including phenoxy) is 1. The largest absolute Gasteiger partial charge is 0.390 e. The number of halogens is 1. The Labute approximate surface area is 135 Å². The van der Waals surface area contributed by atoms with E-state index in [1.165, 1.54) is 11.8 Å². The molecule has 0 aliphatic heterocycles. The lowest BCUT2D eigenvalue weighted by Crippen LogP contribution is -2.22. The Morgan fingerprint density at radius 1 is 1.41 bits per heavy atom. The molecule has 1 aromatic heterocycles. The van der Waals surface area contributed by atoms with Gasteiger partial charge in [-0.15, -0.1) is 11.8 Å². The number of benzene rings is 1. The molecule has 1 heterocycles. The molecule has 120 valence electrons. The Hall–Kier alpha value is -1.28. The van der Waals surface area contributed by atoms with Crippen molar-refractivity contribution in [2.45, 2.75) is 24.8 Å². The maximum atomic E-state index is 11.9. The number of hydrogen-bond donors (Lipinski definition) is 3. The standard InChI is InChI=1S/C14H17ClN2O4S/c1-3-21-5-8(18)6-22-12-10(15)7(2)4-9-11(12)16-14(20)17-13(9)19/h4,8,18H,3,5-6H2,1-2H3,(H2,16,17,19,20)/t8-/m1/s1. The second-order valence-corrected chi connectivity index (χ2v) is 6.20. The van der Waals surface area contributed by atoms with Crippen LogP contribution in [0.25, 0.3) is 10.9 Å². The summed E-state index contributed by atoms with van der Waals surface area (Å²) in [6, 6.07) is 1.63. The number of aromatic amines is 2. The van der Waals surface area contributed by atoms with Gasteiger partial charge in [0.2, 0.25) is 0 Å². The molecule has 0 saturated heterocycles. The zero-order valence-corrected chi connectivity index (χ0v) is 13.8. The molecule has 8 heteroatoms. The van der Waals surface area contributed by atoms with Crippen LogP contribution in [0.1, 0.15) is 12.5 Å². The number of rotatable bonds is 6. The van der Waals surface area contributed by atoms with Crippen molar-refractivity contribution in [2.24, 2.45) is 0 Å². The van der Waals surface area contributed by atoms with E-state index in [1.54, 1.807) is 13.0 Å². The predicted octanol–water partition coefficient (Wildman–Crippen LogP) is 1.67. The molecule has 0 aliphatic carbocycles. The molecule has 6 nitrogen and oxygen atoms in total. The number of aryl methyl sites for hydroxylation is 1. The summed E-state index contributed by atoms with van der Waals surface area (Å²) in [5.41, 5.74) is 0.0656. The summed E-state index contributed by atoms with van der Waals surface area (Å²) in [5.74, 6) is 0.340. The average Bonchev–Trinajstić information content (AvgIpc) is 2.46. The van der Waals surface area contributed by atoms with Gasteiger partial charge in [-0.1, -0.05) is 11.6 Å². The van der Waals surface area contributed by atoms with Crippen LogP contribution in [0, 0.1) is 6.92 Å². The molecular formula is C14H17ClN2O4S. The molecule has 0 fully saturated rings. The van der Waals surface area contributed by atoms with Gasteiger partial charge in [0.05, 0.1) is 33.5 Å². The topological polar surface area (TPSA) is 95.2 Å². The Morgan fingerprint density at radius 3 is 2.82 bits per heavy atom. The number of nitrogens with one attached hydrogen (secondary N) is 2. The van der Waals surface area contributed by atoms with Crippen LogP contribution in [0.5, 0.6) is 0 Å². The molecule has 0 bridgehead atoms. The van der Waals surface area contributed by atoms with Crippen molar-refractivity contribution in [2.75, 3.05) is 19.0 Å². The lowest BCUT2D eigenvalue weighted by molar-refractivity contribution is 0.0551. The molecular weight excluding hydrogens is 328 g/mol. The molecule has 2 rings (SSSR count). The first-order chi connectivity index (χ1) is 10.4. The summed E-state index contributed by atoms with van der Waals surface area (Å²) >= 11 is 7.58. The minimum absolute atomic E-state index is 0.224. The van der Waals surface area contributed by atoms with Crippen molar-refractivity contribution in [1.29, 1.82) is 0 Å². The molecule has 22 heavy (non-hydrogen) atoms. The Kier molecular flexibility index (Phi) is 5.69. The fourth-order valence-electron chi connectivity index (χ4n) is 2.00. The van der Waals surface area contributed by atoms with Crippen molar-refractivity contribution in [3.63, 3.8) is 0 Å². The Balaban J connectivity index is 2.41. The summed E-state index contributed by atoms with van der Waals surface area (Å²) < 4.78 is 5.15. The van der Waals surface area contributed by atoms with E-state index < -0.39 is 17.4 Å². The number of fused-ring (bicyclic) bond motifs is 1. The number of aliphatic hydroxyl groups is 1. The summed E-state index contributed by atoms with van der Waals surface area (Å²) in [4.78, 5) is 28.8. The maximum absolute atomic E-state index is 11.9. The van der Waals surface area contributed by atoms with Crippen LogP contribution in [0.15, 0.2) is 20.6 Å². The SMILES string of the molecule is CCOC[C@@H](O)CSc1c(Cl)c(C)cc2c(=O)[nH]c(=O)[nH]c12. The summed E-state index contributed by atoms with van der Waals surface area (Å²) in [7, 11) is 0. The molecule has 0 amide bonds. The van der Waals surface area contributed by atoms with Crippen molar-refractivity contribution in [3.8, 4) is 0 Å². The zero-order valence-electron chi connectivity index (χ0n) is 12.2. The van der Waals surface area contributed by atoms with Gasteiger partial charge in [-0.05, 0) is 25.5 Å². The number of aliphatic hydroxyl groups excluding tert-OH is 1. The third kappa shape index (κ3) is 3.73. The molecule has 0 unspecified atom stereocenters. The number of hydrogen-bond acceptors (Lipinski definition) is 5. The van der Waals surface area contributed by atoms with Gasteiger partial charge in [0.1, 0.15) is 0 Å². The van der Waals surface area contributed by atoms with E-state index in [4.69, 9.17) is 16.3 Å². The first kappa shape index (κ1) is 17.1. The van der Waals surface area contributed by atoms with E-state index in [-0.39, 0.29) is 6.61 Å². The van der Waals surface area contributed by atoms with Crippen LogP contribution in [0.4, 0.5) is 0 Å². The second kappa shape index (κ2) is 7.32. The van der Waals surface area contributed by atoms with Crippen molar-refractivity contribution < 1.29 is 9.84 Å². The fourth-order valence-corrected chi connectivity index (χ4v) is 3.36. The van der Waals surface area contributed by atoms with E-state index in [0.717, 1.165) is 5.56 Å². The van der Waals surface area contributed by atoms with Crippen LogP contribution >= 0.6 is 23.4 Å². The molecule has 0 spiro atoms. The molecule has 3 N–H and O–H groups in total. The third-order valence-electron chi connectivity index (χ3n) is 3.05. The number of H-pyrrole nitrogens is 2. The number of aromatic nitrogens is 2. The van der Waals surface area contributed by atoms with Gasteiger partial charge in [-0.25, -0.2) is 4.79 Å². The molecule has 1 aromatic carbocycles. The first-order valence-corrected chi connectivity index (χ1v) is 8.14. The van der Waals surface area contributed by atoms with E-state index in [9.17, 15) is 14.7 Å². The van der Waals surface area contributed by atoms with E-state index in [0.29, 0.717) is 33.2 Å². The van der Waals surface area contributed by atoms with E-state index >= 15 is 0 Å². The highest BCUT2D eigenvalue weighted by molar-refractivity contribution is 7.99. The second-order valence-electron chi connectivity index (χ2n) is 4.79. The highest BCUT2D eigenvalue weighted by Crippen LogP contribution is 2.35. The quantitative estimate of drug-likeness (QED) is 0.693. The predicted molar refractivity (Wildman–Crippen MR) is 88.2 cm³/mol. The molecule has 2 aromatic rings. The van der Waals surface area contributed by atoms with Gasteiger partial charge in [0.25, 0.3) is 5.56 Å². The maximum Gasteiger partial charge on any atom is 0.326 e. The van der Waals surface area contributed by atoms with Crippen LogP contribution in [-0.4, -0.2) is 40.1 Å². The minimum Gasteiger partial charge on any atom is -0.390 e. The van der Waals surface area contributed by atoms with Crippen LogP contribution in [0.2, 0.25) is 5.02 Å². The minimum atomic E-state index is -0.662. The molecule has 1 atom stereocenters. The lowest BCUT2D eigenvalue weighted by atomic mass is 10.1. The normalized spacial score (nSPS) is 12.7. The highest BCUT2D eigenvalue weighted by atomic mass is 35.5. The number of thioether (sulfide) groups is 1. The van der Waals surface area contributed by atoms with Crippen molar-refractivity contribution in [3.05, 3.63) is 37.5 Å². The molecule has 0 radical (unpaired) electrons. The van der Waals surface area contributed by atoms with E-state index in [1.807, 2.05) is 6.92 Å². The average molecular weight is 345 g/mol. The summed E-state index contributed by atoms with van der Waals surface area (Å²) in [6.07, 6.45) is -0.662. The lowest BCUT2D eigenvalue weighted by Gasteiger charge is -2.13. The van der Waals surface area contributed by atoms with Crippen LogP contribution in [-0.2, 0) is 4.74 Å². The van der Waals surface area contributed by atoms with Gasteiger partial charge in [-0.2, -0.15) is 0 Å². The van der Waals surface area contributed by atoms with Gasteiger partial charge < -0.3 is 14.8 Å². The van der Waals surface area contributed by atoms with Gasteiger partial charge in [0, 0.05) is 12.4 Å². The van der Waals surface area contributed by atoms with Crippen molar-refractivity contribution >= 4 is 34.3 Å². The molecule has 0 aliphatic rings. The zero-order chi connectivity index (χ0) is 16.3. The van der Waals surface area contributed by atoms with Gasteiger partial charge in [0.15, 0.2) is 0 Å². The fraction of sp³-hybridized carbons (Fsp3) is 0.429. The van der Waals surface area contributed by atoms with Crippen molar-refractivity contribution in [1.82, 2.24) is 9.97 Å². The van der Waals surface area contributed by atoms with Crippen LogP contribution < -0.4 is 11.2 Å². The van der Waals surface area contributed by atoms with Gasteiger partial charge >= 0.3 is 5.69 Å².